The molecule has 3 aromatic rings. The minimum Gasteiger partial charge on any atom is -0.455 e. The SMILES string of the molecule is CC(=O)c1ccc(S(=O)(=O)N(C)CCCC(=O)Nc2ccccc2Oc2ccc(C)cc2)cc1. The molecule has 0 bridgehead atoms. The average molecular weight is 481 g/mol. The summed E-state index contributed by atoms with van der Waals surface area (Å²) >= 11 is 0. The topological polar surface area (TPSA) is 92.8 Å². The van der Waals surface area contributed by atoms with Gasteiger partial charge in [-0.1, -0.05) is 42.0 Å². The normalized spacial score (nSPS) is 11.3. The Labute approximate surface area is 200 Å². The maximum absolute atomic E-state index is 12.7. The Balaban J connectivity index is 1.55. The van der Waals surface area contributed by atoms with Crippen molar-refractivity contribution < 1.29 is 22.7 Å². The quantitative estimate of drug-likeness (QED) is 0.411. The summed E-state index contributed by atoms with van der Waals surface area (Å²) in [5.74, 6) is 0.814. The fourth-order valence-corrected chi connectivity index (χ4v) is 4.44. The van der Waals surface area contributed by atoms with Crippen LogP contribution in [0.15, 0.2) is 77.7 Å². The Bertz CT molecular complexity index is 1250. The molecule has 0 atom stereocenters. The lowest BCUT2D eigenvalue weighted by molar-refractivity contribution is -0.116. The predicted octanol–water partition coefficient (Wildman–Crippen LogP) is 5.03. The van der Waals surface area contributed by atoms with Gasteiger partial charge in [0.2, 0.25) is 15.9 Å². The van der Waals surface area contributed by atoms with Crippen LogP contribution in [0.25, 0.3) is 0 Å². The van der Waals surface area contributed by atoms with Gasteiger partial charge in [-0.2, -0.15) is 0 Å². The Morgan fingerprint density at radius 2 is 1.59 bits per heavy atom. The number of aryl methyl sites for hydroxylation is 1. The molecule has 3 aromatic carbocycles. The molecule has 178 valence electrons. The Hall–Kier alpha value is -3.49. The first kappa shape index (κ1) is 25.1. The molecular weight excluding hydrogens is 452 g/mol. The highest BCUT2D eigenvalue weighted by atomic mass is 32.2. The number of para-hydroxylation sites is 2. The van der Waals surface area contributed by atoms with Crippen LogP contribution >= 0.6 is 0 Å². The van der Waals surface area contributed by atoms with Crippen molar-refractivity contribution >= 4 is 27.4 Å². The fourth-order valence-electron chi connectivity index (χ4n) is 3.23. The van der Waals surface area contributed by atoms with Crippen molar-refractivity contribution in [2.24, 2.45) is 0 Å². The van der Waals surface area contributed by atoms with Crippen LogP contribution in [0, 0.1) is 6.92 Å². The van der Waals surface area contributed by atoms with Crippen molar-refractivity contribution in [1.82, 2.24) is 4.31 Å². The van der Waals surface area contributed by atoms with Crippen molar-refractivity contribution in [2.45, 2.75) is 31.6 Å². The minimum atomic E-state index is -3.71. The molecule has 7 nitrogen and oxygen atoms in total. The van der Waals surface area contributed by atoms with Gasteiger partial charge in [0, 0.05) is 25.6 Å². The molecule has 3 rings (SSSR count). The zero-order valence-corrected chi connectivity index (χ0v) is 20.3. The molecule has 0 radical (unpaired) electrons. The van der Waals surface area contributed by atoms with Crippen molar-refractivity contribution in [3.8, 4) is 11.5 Å². The second-order valence-corrected chi connectivity index (χ2v) is 10.0. The molecule has 1 N–H and O–H groups in total. The molecule has 0 saturated carbocycles. The second kappa shape index (κ2) is 11.1. The third-order valence-corrected chi connectivity index (χ3v) is 7.13. The van der Waals surface area contributed by atoms with E-state index in [2.05, 4.69) is 5.32 Å². The van der Waals surface area contributed by atoms with Crippen molar-refractivity contribution in [3.05, 3.63) is 83.9 Å². The Morgan fingerprint density at radius 1 is 0.941 bits per heavy atom. The van der Waals surface area contributed by atoms with Gasteiger partial charge in [0.05, 0.1) is 10.6 Å². The summed E-state index contributed by atoms with van der Waals surface area (Å²) < 4.78 is 32.6. The number of Topliss-reactive ketones (excluding diaryl/α,β-unsaturated/α-hetero) is 1. The van der Waals surface area contributed by atoms with Crippen LogP contribution in [-0.4, -0.2) is 38.0 Å². The van der Waals surface area contributed by atoms with Crippen LogP contribution in [0.3, 0.4) is 0 Å². The standard InChI is InChI=1S/C26H28N2O5S/c1-19-10-14-22(15-11-19)33-25-8-5-4-7-24(25)27-26(30)9-6-18-28(3)34(31,32)23-16-12-21(13-17-23)20(2)29/h4-5,7-8,10-17H,6,9,18H2,1-3H3,(H,27,30). The molecule has 1 amide bonds. The van der Waals surface area contributed by atoms with Gasteiger partial charge in [0.1, 0.15) is 5.75 Å². The first-order valence-electron chi connectivity index (χ1n) is 10.9. The lowest BCUT2D eigenvalue weighted by Gasteiger charge is -2.17. The fraction of sp³-hybridized carbons (Fsp3) is 0.231. The minimum absolute atomic E-state index is 0.103. The van der Waals surface area contributed by atoms with Gasteiger partial charge < -0.3 is 10.1 Å². The van der Waals surface area contributed by atoms with Crippen molar-refractivity contribution in [1.29, 1.82) is 0 Å². The highest BCUT2D eigenvalue weighted by molar-refractivity contribution is 7.89. The zero-order chi connectivity index (χ0) is 24.7. The maximum atomic E-state index is 12.7. The van der Waals surface area contributed by atoms with E-state index >= 15 is 0 Å². The van der Waals surface area contributed by atoms with E-state index in [1.54, 1.807) is 18.2 Å². The van der Waals surface area contributed by atoms with E-state index in [0.717, 1.165) is 5.56 Å². The molecule has 0 aromatic heterocycles. The number of hydrogen-bond donors (Lipinski definition) is 1. The largest absolute Gasteiger partial charge is 0.455 e. The van der Waals surface area contributed by atoms with E-state index in [4.69, 9.17) is 4.74 Å². The number of anilines is 1. The third kappa shape index (κ3) is 6.52. The highest BCUT2D eigenvalue weighted by Gasteiger charge is 2.21. The number of rotatable bonds is 10. The zero-order valence-electron chi connectivity index (χ0n) is 19.4. The Morgan fingerprint density at radius 3 is 2.24 bits per heavy atom. The molecule has 0 fully saturated rings. The summed E-state index contributed by atoms with van der Waals surface area (Å²) in [5, 5.41) is 2.84. The van der Waals surface area contributed by atoms with Crippen LogP contribution in [0.2, 0.25) is 0 Å². The van der Waals surface area contributed by atoms with E-state index in [-0.39, 0.29) is 29.6 Å². The molecule has 0 spiro atoms. The summed E-state index contributed by atoms with van der Waals surface area (Å²) in [4.78, 5) is 24.0. The molecule has 0 unspecified atom stereocenters. The lowest BCUT2D eigenvalue weighted by atomic mass is 10.2. The molecular formula is C26H28N2O5S. The number of benzene rings is 3. The number of ketones is 1. The summed E-state index contributed by atoms with van der Waals surface area (Å²) in [6.07, 6.45) is 0.482. The molecule has 0 aliphatic carbocycles. The number of nitrogens with zero attached hydrogens (tertiary/aromatic N) is 1. The summed E-state index contributed by atoms with van der Waals surface area (Å²) in [5.41, 5.74) is 2.11. The number of carbonyl (C=O) groups is 2. The summed E-state index contributed by atoms with van der Waals surface area (Å²) in [7, 11) is -2.24. The van der Waals surface area contributed by atoms with E-state index in [1.807, 2.05) is 37.3 Å². The smallest absolute Gasteiger partial charge is 0.242 e. The van der Waals surface area contributed by atoms with E-state index in [9.17, 15) is 18.0 Å². The average Bonchev–Trinajstić information content (AvgIpc) is 2.81. The Kier molecular flexibility index (Phi) is 8.20. The molecule has 0 saturated heterocycles. The molecule has 0 aliphatic rings. The predicted molar refractivity (Wildman–Crippen MR) is 132 cm³/mol. The van der Waals surface area contributed by atoms with Gasteiger partial charge in [0.15, 0.2) is 11.5 Å². The van der Waals surface area contributed by atoms with Gasteiger partial charge in [-0.05, 0) is 56.7 Å². The van der Waals surface area contributed by atoms with Gasteiger partial charge in [-0.3, -0.25) is 9.59 Å². The van der Waals surface area contributed by atoms with Crippen molar-refractivity contribution in [2.75, 3.05) is 18.9 Å². The number of amides is 1. The number of carbonyl (C=O) groups excluding carboxylic acids is 2. The van der Waals surface area contributed by atoms with Crippen LogP contribution in [0.1, 0.15) is 35.7 Å². The first-order chi connectivity index (χ1) is 16.2. The summed E-state index contributed by atoms with van der Waals surface area (Å²) in [6, 6.07) is 20.6. The number of sulfonamides is 1. The van der Waals surface area contributed by atoms with Crippen molar-refractivity contribution in [3.63, 3.8) is 0 Å². The van der Waals surface area contributed by atoms with E-state index in [0.29, 0.717) is 29.2 Å². The second-order valence-electron chi connectivity index (χ2n) is 7.97. The highest BCUT2D eigenvalue weighted by Crippen LogP contribution is 2.29. The van der Waals surface area contributed by atoms with Crippen LogP contribution in [-0.2, 0) is 14.8 Å². The van der Waals surface area contributed by atoms with Gasteiger partial charge in [-0.25, -0.2) is 12.7 Å². The lowest BCUT2D eigenvalue weighted by Crippen LogP contribution is -2.28. The van der Waals surface area contributed by atoms with E-state index in [1.165, 1.54) is 42.5 Å². The monoisotopic (exact) mass is 480 g/mol. The van der Waals surface area contributed by atoms with Crippen LogP contribution in [0.5, 0.6) is 11.5 Å². The van der Waals surface area contributed by atoms with Crippen LogP contribution < -0.4 is 10.1 Å². The molecule has 34 heavy (non-hydrogen) atoms. The molecule has 8 heteroatoms. The summed E-state index contributed by atoms with van der Waals surface area (Å²) in [6.45, 7) is 3.59. The van der Waals surface area contributed by atoms with Gasteiger partial charge in [-0.15, -0.1) is 0 Å². The number of ether oxygens (including phenoxy) is 1. The van der Waals surface area contributed by atoms with Crippen LogP contribution in [0.4, 0.5) is 5.69 Å². The van der Waals surface area contributed by atoms with Gasteiger partial charge in [0.25, 0.3) is 0 Å². The van der Waals surface area contributed by atoms with E-state index < -0.39 is 10.0 Å². The third-order valence-electron chi connectivity index (χ3n) is 5.26. The van der Waals surface area contributed by atoms with Gasteiger partial charge >= 0.3 is 0 Å². The number of hydrogen-bond acceptors (Lipinski definition) is 5. The molecule has 0 heterocycles. The maximum Gasteiger partial charge on any atom is 0.242 e. The first-order valence-corrected chi connectivity index (χ1v) is 12.3. The number of nitrogens with one attached hydrogen (secondary N) is 1. The molecule has 0 aliphatic heterocycles.